The number of halogens is 4. The molecule has 0 unspecified atom stereocenters. The summed E-state index contributed by atoms with van der Waals surface area (Å²) in [7, 11) is 0.852. The molecule has 0 saturated heterocycles. The summed E-state index contributed by atoms with van der Waals surface area (Å²) in [4.78, 5) is 4.91. The highest BCUT2D eigenvalue weighted by Crippen LogP contribution is 2.31. The van der Waals surface area contributed by atoms with Crippen molar-refractivity contribution in [2.24, 2.45) is 12.0 Å². The number of alkyl halides is 3. The van der Waals surface area contributed by atoms with E-state index in [4.69, 9.17) is 11.6 Å². The van der Waals surface area contributed by atoms with Crippen molar-refractivity contribution in [1.29, 1.82) is 0 Å². The van der Waals surface area contributed by atoms with Gasteiger partial charge in [0.05, 0.1) is 22.0 Å². The molecule has 0 atom stereocenters. The van der Waals surface area contributed by atoms with Crippen LogP contribution < -0.4 is 4.80 Å². The van der Waals surface area contributed by atoms with Crippen LogP contribution in [0.5, 0.6) is 0 Å². The molecular weight excluding hydrogens is 459 g/mol. The number of thiazole rings is 1. The minimum atomic E-state index is -4.40. The molecule has 160 valence electrons. The molecule has 30 heavy (non-hydrogen) atoms. The van der Waals surface area contributed by atoms with Crippen molar-refractivity contribution in [3.8, 4) is 11.3 Å². The molecule has 0 amide bonds. The maximum atomic E-state index is 12.7. The van der Waals surface area contributed by atoms with E-state index in [1.54, 1.807) is 23.1 Å². The lowest BCUT2D eigenvalue weighted by Crippen LogP contribution is -2.22. The van der Waals surface area contributed by atoms with Gasteiger partial charge in [-0.1, -0.05) is 17.7 Å². The third-order valence-electron chi connectivity index (χ3n) is 4.33. The predicted molar refractivity (Wildman–Crippen MR) is 111 cm³/mol. The zero-order valence-electron chi connectivity index (χ0n) is 16.1. The molecule has 0 saturated carbocycles. The van der Waals surface area contributed by atoms with E-state index in [2.05, 4.69) is 4.99 Å². The first-order valence-corrected chi connectivity index (χ1v) is 11.2. The summed E-state index contributed by atoms with van der Waals surface area (Å²) < 4.78 is 65.9. The Morgan fingerprint density at radius 1 is 1.10 bits per heavy atom. The summed E-state index contributed by atoms with van der Waals surface area (Å²) in [5.74, 6) is 0. The highest BCUT2D eigenvalue weighted by Gasteiger charge is 2.30. The third-order valence-corrected chi connectivity index (χ3v) is 7.54. The molecule has 0 aliphatic rings. The lowest BCUT2D eigenvalue weighted by molar-refractivity contribution is -0.137. The predicted octanol–water partition coefficient (Wildman–Crippen LogP) is 4.91. The first-order chi connectivity index (χ1) is 13.9. The fraction of sp³-hybridized carbons (Fsp3) is 0.211. The molecule has 11 heteroatoms. The Bertz CT molecular complexity index is 1250. The van der Waals surface area contributed by atoms with Crippen molar-refractivity contribution in [2.45, 2.75) is 11.1 Å². The van der Waals surface area contributed by atoms with Gasteiger partial charge in [-0.3, -0.25) is 0 Å². The molecule has 0 radical (unpaired) electrons. The van der Waals surface area contributed by atoms with Gasteiger partial charge in [-0.15, -0.1) is 11.3 Å². The van der Waals surface area contributed by atoms with Crippen molar-refractivity contribution >= 4 is 38.6 Å². The van der Waals surface area contributed by atoms with E-state index in [0.717, 1.165) is 16.4 Å². The summed E-state index contributed by atoms with van der Waals surface area (Å²) in [5.41, 5.74) is 0.942. The van der Waals surface area contributed by atoms with E-state index in [0.29, 0.717) is 21.7 Å². The zero-order valence-corrected chi connectivity index (χ0v) is 18.5. The van der Waals surface area contributed by atoms with Crippen LogP contribution in [-0.2, 0) is 23.2 Å². The topological polar surface area (TPSA) is 54.7 Å². The number of aromatic nitrogens is 1. The summed E-state index contributed by atoms with van der Waals surface area (Å²) in [6.45, 7) is 0. The normalized spacial score (nSPS) is 13.3. The van der Waals surface area contributed by atoms with Crippen LogP contribution in [0.1, 0.15) is 5.56 Å². The zero-order chi connectivity index (χ0) is 22.3. The lowest BCUT2D eigenvalue weighted by atomic mass is 10.2. The standard InChI is InChI=1S/C19H17ClF3N3O2S2/c1-25(2)30(27,28)17-10-12(4-9-15(17)20)16-11-29-18(26(16)3)24-14-7-5-13(6-8-14)19(21,22)23/h4-11H,1-3H3/b24-18+. The minimum absolute atomic E-state index is 0.0147. The Kier molecular flexibility index (Phi) is 6.15. The van der Waals surface area contributed by atoms with Gasteiger partial charge in [-0.2, -0.15) is 13.2 Å². The molecular formula is C19H17ClF3N3O2S2. The van der Waals surface area contributed by atoms with Gasteiger partial charge in [0.15, 0.2) is 4.80 Å². The molecule has 3 rings (SSSR count). The van der Waals surface area contributed by atoms with Gasteiger partial charge in [-0.25, -0.2) is 17.7 Å². The third kappa shape index (κ3) is 4.46. The largest absolute Gasteiger partial charge is 0.416 e. The molecule has 0 aliphatic carbocycles. The number of benzene rings is 2. The second kappa shape index (κ2) is 8.18. The van der Waals surface area contributed by atoms with E-state index >= 15 is 0 Å². The first kappa shape index (κ1) is 22.5. The Labute approximate surface area is 180 Å². The number of rotatable bonds is 4. The van der Waals surface area contributed by atoms with Crippen LogP contribution in [0.2, 0.25) is 5.02 Å². The average molecular weight is 476 g/mol. The van der Waals surface area contributed by atoms with Gasteiger partial charge in [-0.05, 0) is 36.4 Å². The Hall–Kier alpha value is -2.14. The number of hydrogen-bond acceptors (Lipinski definition) is 4. The molecule has 0 N–H and O–H groups in total. The van der Waals surface area contributed by atoms with Crippen molar-refractivity contribution in [2.75, 3.05) is 14.1 Å². The average Bonchev–Trinajstić information content (AvgIpc) is 3.02. The summed E-state index contributed by atoms with van der Waals surface area (Å²) in [6.07, 6.45) is -4.40. The van der Waals surface area contributed by atoms with E-state index in [-0.39, 0.29) is 9.92 Å². The quantitative estimate of drug-likeness (QED) is 0.538. The second-order valence-electron chi connectivity index (χ2n) is 6.55. The smallest absolute Gasteiger partial charge is 0.320 e. The van der Waals surface area contributed by atoms with Crippen LogP contribution in [0.3, 0.4) is 0 Å². The fourth-order valence-electron chi connectivity index (χ4n) is 2.63. The van der Waals surface area contributed by atoms with Gasteiger partial charge < -0.3 is 4.57 Å². The summed E-state index contributed by atoms with van der Waals surface area (Å²) in [5, 5.41) is 1.90. The highest BCUT2D eigenvalue weighted by molar-refractivity contribution is 7.89. The van der Waals surface area contributed by atoms with Gasteiger partial charge in [0.2, 0.25) is 10.0 Å². The highest BCUT2D eigenvalue weighted by atomic mass is 35.5. The lowest BCUT2D eigenvalue weighted by Gasteiger charge is -2.14. The van der Waals surface area contributed by atoms with Crippen molar-refractivity contribution in [1.82, 2.24) is 8.87 Å². The van der Waals surface area contributed by atoms with Crippen LogP contribution in [0.15, 0.2) is 57.7 Å². The summed E-state index contributed by atoms with van der Waals surface area (Å²) >= 11 is 7.38. The van der Waals surface area contributed by atoms with E-state index in [1.807, 2.05) is 0 Å². The summed E-state index contributed by atoms with van der Waals surface area (Å²) in [6, 6.07) is 9.24. The van der Waals surface area contributed by atoms with Gasteiger partial charge >= 0.3 is 6.18 Å². The molecule has 0 spiro atoms. The van der Waals surface area contributed by atoms with Crippen molar-refractivity contribution in [3.05, 3.63) is 63.2 Å². The van der Waals surface area contributed by atoms with Crippen LogP contribution in [-0.4, -0.2) is 31.4 Å². The molecule has 2 aromatic carbocycles. The van der Waals surface area contributed by atoms with E-state index in [1.165, 1.54) is 49.7 Å². The van der Waals surface area contributed by atoms with E-state index < -0.39 is 21.8 Å². The Balaban J connectivity index is 2.03. The molecule has 0 bridgehead atoms. The molecule has 3 aromatic rings. The number of sulfonamides is 1. The van der Waals surface area contributed by atoms with Crippen LogP contribution in [0, 0.1) is 0 Å². The maximum Gasteiger partial charge on any atom is 0.416 e. The Morgan fingerprint density at radius 3 is 2.30 bits per heavy atom. The molecule has 1 aromatic heterocycles. The molecule has 0 fully saturated rings. The molecule has 1 heterocycles. The van der Waals surface area contributed by atoms with Gasteiger partial charge in [0.1, 0.15) is 4.90 Å². The molecule has 0 aliphatic heterocycles. The number of hydrogen-bond donors (Lipinski definition) is 0. The Morgan fingerprint density at radius 2 is 1.73 bits per heavy atom. The monoisotopic (exact) mass is 475 g/mol. The second-order valence-corrected chi connectivity index (χ2v) is 9.92. The SMILES string of the molecule is CN(C)S(=O)(=O)c1cc(-c2cs/c(=N/c3ccc(C(F)(F)F)cc3)n2C)ccc1Cl. The van der Waals surface area contributed by atoms with Crippen LogP contribution in [0.4, 0.5) is 18.9 Å². The van der Waals surface area contributed by atoms with Crippen LogP contribution in [0.25, 0.3) is 11.3 Å². The fourth-order valence-corrected chi connectivity index (χ4v) is 4.94. The van der Waals surface area contributed by atoms with Crippen molar-refractivity contribution < 1.29 is 21.6 Å². The first-order valence-electron chi connectivity index (χ1n) is 8.50. The van der Waals surface area contributed by atoms with Gasteiger partial charge in [0.25, 0.3) is 0 Å². The number of nitrogens with zero attached hydrogens (tertiary/aromatic N) is 3. The van der Waals surface area contributed by atoms with Crippen molar-refractivity contribution in [3.63, 3.8) is 0 Å². The maximum absolute atomic E-state index is 12.7. The minimum Gasteiger partial charge on any atom is -0.320 e. The molecule has 5 nitrogen and oxygen atoms in total. The van der Waals surface area contributed by atoms with Gasteiger partial charge in [0, 0.05) is 32.1 Å². The van der Waals surface area contributed by atoms with E-state index in [9.17, 15) is 21.6 Å². The van der Waals surface area contributed by atoms with Crippen LogP contribution >= 0.6 is 22.9 Å².